The van der Waals surface area contributed by atoms with E-state index in [0.717, 1.165) is 11.6 Å². The Morgan fingerprint density at radius 3 is 2.79 bits per heavy atom. The van der Waals surface area contributed by atoms with Gasteiger partial charge in [0, 0.05) is 12.7 Å². The van der Waals surface area contributed by atoms with Gasteiger partial charge in [-0.2, -0.15) is 0 Å². The largest absolute Gasteiger partial charge is 0.490 e. The molecule has 0 radical (unpaired) electrons. The lowest BCUT2D eigenvalue weighted by atomic mass is 10.1. The Hall–Kier alpha value is -2.18. The summed E-state index contributed by atoms with van der Waals surface area (Å²) in [4.78, 5) is 10.6. The first-order valence-corrected chi connectivity index (χ1v) is 8.08. The van der Waals surface area contributed by atoms with E-state index in [1.807, 2.05) is 49.1 Å². The molecule has 1 atom stereocenters. The Kier molecular flexibility index (Phi) is 4.97. The molecule has 0 amide bonds. The quantitative estimate of drug-likeness (QED) is 0.921. The number of benzene rings is 1. The van der Waals surface area contributed by atoms with E-state index < -0.39 is 5.60 Å². The molecule has 6 heteroatoms. The van der Waals surface area contributed by atoms with Gasteiger partial charge < -0.3 is 19.5 Å². The minimum Gasteiger partial charge on any atom is -0.490 e. The Morgan fingerprint density at radius 2 is 2.04 bits per heavy atom. The van der Waals surface area contributed by atoms with E-state index in [-0.39, 0.29) is 13.2 Å². The molecule has 1 aliphatic heterocycles. The highest BCUT2D eigenvalue weighted by molar-refractivity contribution is 5.38. The third kappa shape index (κ3) is 4.21. The molecule has 1 fully saturated rings. The summed E-state index contributed by atoms with van der Waals surface area (Å²) in [5.74, 6) is 2.24. The zero-order valence-corrected chi connectivity index (χ0v) is 14.1. The third-order valence-corrected chi connectivity index (χ3v) is 3.98. The summed E-state index contributed by atoms with van der Waals surface area (Å²) < 4.78 is 11.4. The van der Waals surface area contributed by atoms with Crippen LogP contribution in [0.15, 0.2) is 36.5 Å². The molecular weight excluding hydrogens is 306 g/mol. The van der Waals surface area contributed by atoms with Crippen LogP contribution < -0.4 is 9.64 Å². The minimum absolute atomic E-state index is 0.163. The summed E-state index contributed by atoms with van der Waals surface area (Å²) >= 11 is 0. The average Bonchev–Trinajstić information content (AvgIpc) is 2.77. The van der Waals surface area contributed by atoms with Crippen LogP contribution in [0.25, 0.3) is 0 Å². The lowest BCUT2D eigenvalue weighted by molar-refractivity contribution is -0.0536. The van der Waals surface area contributed by atoms with Crippen LogP contribution in [0.5, 0.6) is 5.75 Å². The van der Waals surface area contributed by atoms with Crippen LogP contribution in [0, 0.1) is 13.8 Å². The van der Waals surface area contributed by atoms with Gasteiger partial charge in [-0.15, -0.1) is 0 Å². The molecule has 2 aromatic rings. The van der Waals surface area contributed by atoms with Crippen molar-refractivity contribution in [2.24, 2.45) is 0 Å². The molecule has 3 rings (SSSR count). The monoisotopic (exact) mass is 329 g/mol. The fraction of sp³-hybridized carbons (Fsp3) is 0.444. The van der Waals surface area contributed by atoms with Crippen LogP contribution in [0.3, 0.4) is 0 Å². The van der Waals surface area contributed by atoms with Crippen molar-refractivity contribution >= 4 is 5.82 Å². The molecule has 1 aromatic heterocycles. The van der Waals surface area contributed by atoms with Gasteiger partial charge in [-0.1, -0.05) is 17.7 Å². The Bertz CT molecular complexity index is 677. The van der Waals surface area contributed by atoms with Crippen LogP contribution in [0.4, 0.5) is 5.82 Å². The number of ether oxygens (including phenoxy) is 2. The van der Waals surface area contributed by atoms with E-state index in [1.165, 1.54) is 5.56 Å². The van der Waals surface area contributed by atoms with Crippen molar-refractivity contribution < 1.29 is 14.6 Å². The molecule has 2 heterocycles. The van der Waals surface area contributed by atoms with Crippen LogP contribution in [0.1, 0.15) is 11.4 Å². The molecule has 128 valence electrons. The molecule has 1 N–H and O–H groups in total. The van der Waals surface area contributed by atoms with Gasteiger partial charge >= 0.3 is 0 Å². The van der Waals surface area contributed by atoms with Crippen molar-refractivity contribution in [3.8, 4) is 5.75 Å². The lowest BCUT2D eigenvalue weighted by Gasteiger charge is -2.31. The summed E-state index contributed by atoms with van der Waals surface area (Å²) in [5, 5.41) is 10.9. The maximum absolute atomic E-state index is 10.9. The third-order valence-electron chi connectivity index (χ3n) is 3.98. The predicted octanol–water partition coefficient (Wildman–Crippen LogP) is 1.74. The minimum atomic E-state index is -1.10. The molecule has 0 aliphatic carbocycles. The highest BCUT2D eigenvalue weighted by Gasteiger charge is 2.34. The van der Waals surface area contributed by atoms with Gasteiger partial charge in [0.15, 0.2) is 0 Å². The number of β-amino-alcohol motifs (C(OH)–C–C–N with tert-alkyl or cyclic N) is 1. The molecule has 1 aliphatic rings. The Morgan fingerprint density at radius 1 is 1.25 bits per heavy atom. The van der Waals surface area contributed by atoms with Crippen LogP contribution in [-0.4, -0.2) is 53.6 Å². The highest BCUT2D eigenvalue weighted by Crippen LogP contribution is 2.20. The van der Waals surface area contributed by atoms with Gasteiger partial charge in [-0.25, -0.2) is 9.97 Å². The van der Waals surface area contributed by atoms with Crippen LogP contribution in [0.2, 0.25) is 0 Å². The zero-order valence-electron chi connectivity index (χ0n) is 14.1. The Labute approximate surface area is 142 Å². The highest BCUT2D eigenvalue weighted by atomic mass is 16.5. The molecule has 0 bridgehead atoms. The van der Waals surface area contributed by atoms with E-state index in [4.69, 9.17) is 9.47 Å². The van der Waals surface area contributed by atoms with Crippen molar-refractivity contribution in [3.05, 3.63) is 47.9 Å². The number of anilines is 1. The Balaban J connectivity index is 1.69. The van der Waals surface area contributed by atoms with Gasteiger partial charge in [0.2, 0.25) is 0 Å². The molecule has 6 nitrogen and oxygen atoms in total. The van der Waals surface area contributed by atoms with Gasteiger partial charge in [0.1, 0.15) is 29.6 Å². The van der Waals surface area contributed by atoms with Gasteiger partial charge in [-0.05, 0) is 32.0 Å². The number of aromatic nitrogens is 2. The maximum atomic E-state index is 10.9. The van der Waals surface area contributed by atoms with E-state index >= 15 is 0 Å². The average molecular weight is 329 g/mol. The molecule has 0 unspecified atom stereocenters. The predicted molar refractivity (Wildman–Crippen MR) is 91.4 cm³/mol. The van der Waals surface area contributed by atoms with Crippen molar-refractivity contribution in [1.82, 2.24) is 9.97 Å². The molecule has 0 saturated carbocycles. The summed E-state index contributed by atoms with van der Waals surface area (Å²) in [7, 11) is 0. The molecular formula is C18H23N3O3. The molecule has 1 aromatic carbocycles. The molecule has 1 saturated heterocycles. The first-order chi connectivity index (χ1) is 11.5. The van der Waals surface area contributed by atoms with E-state index in [0.29, 0.717) is 25.5 Å². The van der Waals surface area contributed by atoms with E-state index in [9.17, 15) is 5.11 Å². The van der Waals surface area contributed by atoms with Gasteiger partial charge in [0.05, 0.1) is 19.8 Å². The van der Waals surface area contributed by atoms with E-state index in [2.05, 4.69) is 9.97 Å². The number of hydrogen-bond acceptors (Lipinski definition) is 6. The number of aryl methyl sites for hydroxylation is 2. The van der Waals surface area contributed by atoms with Crippen LogP contribution >= 0.6 is 0 Å². The van der Waals surface area contributed by atoms with Crippen molar-refractivity contribution in [2.75, 3.05) is 37.8 Å². The second-order valence-electron chi connectivity index (χ2n) is 6.26. The normalized spacial score (nSPS) is 21.4. The fourth-order valence-corrected chi connectivity index (χ4v) is 2.67. The number of aliphatic hydroxyl groups is 1. The summed E-state index contributed by atoms with van der Waals surface area (Å²) in [6.45, 7) is 5.88. The maximum Gasteiger partial charge on any atom is 0.139 e. The number of nitrogens with zero attached hydrogens (tertiary/aromatic N) is 3. The first kappa shape index (κ1) is 16.7. The molecule has 24 heavy (non-hydrogen) atoms. The second kappa shape index (κ2) is 7.15. The van der Waals surface area contributed by atoms with Crippen molar-refractivity contribution in [2.45, 2.75) is 19.4 Å². The lowest BCUT2D eigenvalue weighted by Crippen LogP contribution is -2.49. The topological polar surface area (TPSA) is 67.7 Å². The zero-order chi connectivity index (χ0) is 17.0. The van der Waals surface area contributed by atoms with Gasteiger partial charge in [-0.3, -0.25) is 0 Å². The first-order valence-electron chi connectivity index (χ1n) is 8.08. The standard InChI is InChI=1S/C18H23N3O3/c1-14-3-5-16(6-4-14)24-13-18(22)11-21(9-10-23-12-18)17-7-8-19-15(2)20-17/h3-8,22H,9-13H2,1-2H3/t18-/m0/s1. The summed E-state index contributed by atoms with van der Waals surface area (Å²) in [6, 6.07) is 9.63. The smallest absolute Gasteiger partial charge is 0.139 e. The number of rotatable bonds is 4. The second-order valence-corrected chi connectivity index (χ2v) is 6.26. The van der Waals surface area contributed by atoms with Gasteiger partial charge in [0.25, 0.3) is 0 Å². The van der Waals surface area contributed by atoms with Crippen molar-refractivity contribution in [1.29, 1.82) is 0 Å². The number of hydrogen-bond donors (Lipinski definition) is 1. The summed E-state index contributed by atoms with van der Waals surface area (Å²) in [6.07, 6.45) is 1.73. The fourth-order valence-electron chi connectivity index (χ4n) is 2.67. The van der Waals surface area contributed by atoms with Crippen LogP contribution in [-0.2, 0) is 4.74 Å². The molecule has 0 spiro atoms. The van der Waals surface area contributed by atoms with E-state index in [1.54, 1.807) is 6.20 Å². The van der Waals surface area contributed by atoms with Crippen molar-refractivity contribution in [3.63, 3.8) is 0 Å². The summed E-state index contributed by atoms with van der Waals surface area (Å²) in [5.41, 5.74) is 0.0735. The SMILES string of the molecule is Cc1ccc(OC[C@@]2(O)COCCN(c3ccnc(C)n3)C2)cc1.